The zero-order valence-electron chi connectivity index (χ0n) is 11.4. The van der Waals surface area contributed by atoms with Crippen LogP contribution in [0.3, 0.4) is 0 Å². The maximum Gasteiger partial charge on any atom is 0.338 e. The molecule has 8 heteroatoms. The van der Waals surface area contributed by atoms with Gasteiger partial charge in [-0.3, -0.25) is 4.79 Å². The Morgan fingerprint density at radius 3 is 2.62 bits per heavy atom. The number of nitrogens with zero attached hydrogens (tertiary/aromatic N) is 3. The smallest absolute Gasteiger partial charge is 0.338 e. The first-order valence-corrected chi connectivity index (χ1v) is 6.30. The summed E-state index contributed by atoms with van der Waals surface area (Å²) in [5.74, 6) is -0.557. The molecule has 0 aliphatic carbocycles. The van der Waals surface area contributed by atoms with Gasteiger partial charge in [-0.15, -0.1) is 5.10 Å². The largest absolute Gasteiger partial charge is 0.462 e. The Labute approximate surface area is 120 Å². The molecule has 0 atom stereocenters. The highest BCUT2D eigenvalue weighted by Gasteiger charge is 2.08. The number of hydrogen-bond acceptors (Lipinski definition) is 6. The number of carbonyl (C=O) groups excluding carboxylic acids is 2. The van der Waals surface area contributed by atoms with Crippen LogP contribution in [0, 0.1) is 0 Å². The summed E-state index contributed by atoms with van der Waals surface area (Å²) in [5.41, 5.74) is 6.36. The Morgan fingerprint density at radius 2 is 2.05 bits per heavy atom. The van der Waals surface area contributed by atoms with Gasteiger partial charge in [0.05, 0.1) is 12.2 Å². The fraction of sp³-hybridized carbons (Fsp3) is 0.231. The van der Waals surface area contributed by atoms with E-state index in [2.05, 4.69) is 15.4 Å². The number of carbonyl (C=O) groups is 2. The maximum atomic E-state index is 11.8. The van der Waals surface area contributed by atoms with Crippen LogP contribution < -0.4 is 11.1 Å². The van der Waals surface area contributed by atoms with E-state index >= 15 is 0 Å². The molecule has 8 nitrogen and oxygen atoms in total. The Bertz CT molecular complexity index is 636. The lowest BCUT2D eigenvalue weighted by Gasteiger charge is -2.06. The lowest BCUT2D eigenvalue weighted by Crippen LogP contribution is -2.19. The molecule has 0 bridgehead atoms. The SMILES string of the molecule is CCOC(=O)c1ccc(NC(=O)Cn2cnc(N)n2)cc1. The van der Waals surface area contributed by atoms with Crippen molar-refractivity contribution in [3.63, 3.8) is 0 Å². The molecule has 2 aromatic rings. The normalized spacial score (nSPS) is 10.1. The number of aromatic nitrogens is 3. The van der Waals surface area contributed by atoms with E-state index in [0.29, 0.717) is 17.9 Å². The minimum atomic E-state index is -0.395. The molecule has 2 rings (SSSR count). The highest BCUT2D eigenvalue weighted by Crippen LogP contribution is 2.10. The summed E-state index contributed by atoms with van der Waals surface area (Å²) in [7, 11) is 0. The van der Waals surface area contributed by atoms with Gasteiger partial charge in [0.2, 0.25) is 11.9 Å². The summed E-state index contributed by atoms with van der Waals surface area (Å²) in [4.78, 5) is 27.0. The summed E-state index contributed by atoms with van der Waals surface area (Å²) in [6, 6.07) is 6.42. The number of hydrogen-bond donors (Lipinski definition) is 2. The molecule has 110 valence electrons. The summed E-state index contributed by atoms with van der Waals surface area (Å²) < 4.78 is 6.20. The Hall–Kier alpha value is -2.90. The van der Waals surface area contributed by atoms with E-state index in [1.165, 1.54) is 11.0 Å². The molecular weight excluding hydrogens is 274 g/mol. The average Bonchev–Trinajstić information content (AvgIpc) is 2.85. The van der Waals surface area contributed by atoms with Crippen LogP contribution in [0.5, 0.6) is 0 Å². The average molecular weight is 289 g/mol. The van der Waals surface area contributed by atoms with Gasteiger partial charge in [-0.1, -0.05) is 0 Å². The van der Waals surface area contributed by atoms with Crippen LogP contribution in [0.2, 0.25) is 0 Å². The first-order valence-electron chi connectivity index (χ1n) is 6.30. The molecule has 0 unspecified atom stereocenters. The van der Waals surface area contributed by atoms with Crippen molar-refractivity contribution in [1.82, 2.24) is 14.8 Å². The molecule has 0 aliphatic heterocycles. The van der Waals surface area contributed by atoms with E-state index in [1.54, 1.807) is 31.2 Å². The Morgan fingerprint density at radius 1 is 1.33 bits per heavy atom. The van der Waals surface area contributed by atoms with Gasteiger partial charge in [0.15, 0.2) is 0 Å². The fourth-order valence-electron chi connectivity index (χ4n) is 1.64. The van der Waals surface area contributed by atoms with Crippen molar-refractivity contribution in [1.29, 1.82) is 0 Å². The van der Waals surface area contributed by atoms with E-state index in [9.17, 15) is 9.59 Å². The second-order valence-corrected chi connectivity index (χ2v) is 4.15. The molecule has 1 amide bonds. The quantitative estimate of drug-likeness (QED) is 0.782. The van der Waals surface area contributed by atoms with Gasteiger partial charge in [0.1, 0.15) is 12.9 Å². The summed E-state index contributed by atoms with van der Waals surface area (Å²) in [5, 5.41) is 6.49. The first-order chi connectivity index (χ1) is 10.1. The highest BCUT2D eigenvalue weighted by atomic mass is 16.5. The minimum absolute atomic E-state index is 0.00380. The lowest BCUT2D eigenvalue weighted by molar-refractivity contribution is -0.116. The first kappa shape index (κ1) is 14.5. The number of amides is 1. The molecule has 0 saturated carbocycles. The third-order valence-electron chi connectivity index (χ3n) is 2.54. The molecule has 0 saturated heterocycles. The molecule has 0 spiro atoms. The molecule has 3 N–H and O–H groups in total. The van der Waals surface area contributed by atoms with Gasteiger partial charge in [-0.2, -0.15) is 0 Å². The molecule has 1 aromatic carbocycles. The topological polar surface area (TPSA) is 112 Å². The van der Waals surface area contributed by atoms with Crippen LogP contribution in [-0.4, -0.2) is 33.2 Å². The van der Waals surface area contributed by atoms with Gasteiger partial charge in [0.25, 0.3) is 0 Å². The van der Waals surface area contributed by atoms with Crippen LogP contribution in [0.25, 0.3) is 0 Å². The number of rotatable bonds is 5. The van der Waals surface area contributed by atoms with E-state index in [0.717, 1.165) is 0 Å². The third-order valence-corrected chi connectivity index (χ3v) is 2.54. The second-order valence-electron chi connectivity index (χ2n) is 4.15. The molecule has 21 heavy (non-hydrogen) atoms. The van der Waals surface area contributed by atoms with E-state index < -0.39 is 5.97 Å². The van der Waals surface area contributed by atoms with Gasteiger partial charge < -0.3 is 15.8 Å². The van der Waals surface area contributed by atoms with Crippen molar-refractivity contribution in [3.8, 4) is 0 Å². The molecule has 0 radical (unpaired) electrons. The molecule has 1 aromatic heterocycles. The second kappa shape index (κ2) is 6.51. The fourth-order valence-corrected chi connectivity index (χ4v) is 1.64. The third kappa shape index (κ3) is 4.03. The Kier molecular flexibility index (Phi) is 4.50. The van der Waals surface area contributed by atoms with Gasteiger partial charge in [-0.05, 0) is 31.2 Å². The highest BCUT2D eigenvalue weighted by molar-refractivity contribution is 5.92. The van der Waals surface area contributed by atoms with Crippen molar-refractivity contribution in [2.45, 2.75) is 13.5 Å². The van der Waals surface area contributed by atoms with Crippen LogP contribution in [0.1, 0.15) is 17.3 Å². The van der Waals surface area contributed by atoms with E-state index in [1.807, 2.05) is 0 Å². The zero-order chi connectivity index (χ0) is 15.2. The Balaban J connectivity index is 1.93. The van der Waals surface area contributed by atoms with E-state index in [4.69, 9.17) is 10.5 Å². The summed E-state index contributed by atoms with van der Waals surface area (Å²) in [6.07, 6.45) is 1.37. The maximum absolute atomic E-state index is 11.8. The van der Waals surface area contributed by atoms with Crippen LogP contribution in [-0.2, 0) is 16.1 Å². The molecule has 0 fully saturated rings. The number of benzene rings is 1. The predicted octanol–water partition coefficient (Wildman–Crippen LogP) is 0.676. The summed E-state index contributed by atoms with van der Waals surface area (Å²) >= 11 is 0. The van der Waals surface area contributed by atoms with Crippen molar-refractivity contribution < 1.29 is 14.3 Å². The molecule has 1 heterocycles. The van der Waals surface area contributed by atoms with Crippen molar-refractivity contribution >= 4 is 23.5 Å². The predicted molar refractivity (Wildman–Crippen MR) is 75.5 cm³/mol. The molecular formula is C13H15N5O3. The standard InChI is InChI=1S/C13H15N5O3/c1-2-21-12(20)9-3-5-10(6-4-9)16-11(19)7-18-8-15-13(14)17-18/h3-6,8H,2,7H2,1H3,(H2,14,17)(H,16,19). The van der Waals surface area contributed by atoms with Crippen molar-refractivity contribution in [2.75, 3.05) is 17.7 Å². The van der Waals surface area contributed by atoms with Gasteiger partial charge >= 0.3 is 5.97 Å². The van der Waals surface area contributed by atoms with Crippen LogP contribution >= 0.6 is 0 Å². The number of ether oxygens (including phenoxy) is 1. The summed E-state index contributed by atoms with van der Waals surface area (Å²) in [6.45, 7) is 2.06. The lowest BCUT2D eigenvalue weighted by atomic mass is 10.2. The monoisotopic (exact) mass is 289 g/mol. The minimum Gasteiger partial charge on any atom is -0.462 e. The van der Waals surface area contributed by atoms with Crippen molar-refractivity contribution in [2.24, 2.45) is 0 Å². The molecule has 0 aliphatic rings. The number of anilines is 2. The number of nitrogens with one attached hydrogen (secondary N) is 1. The zero-order valence-corrected chi connectivity index (χ0v) is 11.4. The number of nitrogen functional groups attached to an aromatic ring is 1. The van der Waals surface area contributed by atoms with Crippen LogP contribution in [0.4, 0.5) is 11.6 Å². The van der Waals surface area contributed by atoms with Crippen LogP contribution in [0.15, 0.2) is 30.6 Å². The van der Waals surface area contributed by atoms with Crippen molar-refractivity contribution in [3.05, 3.63) is 36.2 Å². The number of nitrogens with two attached hydrogens (primary N) is 1. The van der Waals surface area contributed by atoms with Gasteiger partial charge in [-0.25, -0.2) is 14.5 Å². The van der Waals surface area contributed by atoms with E-state index in [-0.39, 0.29) is 18.4 Å². The number of esters is 1. The van der Waals surface area contributed by atoms with Gasteiger partial charge in [0, 0.05) is 5.69 Å².